The van der Waals surface area contributed by atoms with E-state index in [9.17, 15) is 4.79 Å². The van der Waals surface area contributed by atoms with Crippen LogP contribution in [0.5, 0.6) is 0 Å². The molecule has 0 atom stereocenters. The van der Waals surface area contributed by atoms with E-state index in [2.05, 4.69) is 5.10 Å². The van der Waals surface area contributed by atoms with Crippen molar-refractivity contribution in [2.75, 3.05) is 0 Å². The molecule has 5 heteroatoms. The van der Waals surface area contributed by atoms with Crippen molar-refractivity contribution < 1.29 is 4.79 Å². The van der Waals surface area contributed by atoms with Crippen LogP contribution in [-0.2, 0) is 7.05 Å². The van der Waals surface area contributed by atoms with Crippen molar-refractivity contribution in [1.29, 1.82) is 0 Å². The molecule has 0 N–H and O–H groups in total. The van der Waals surface area contributed by atoms with Gasteiger partial charge >= 0.3 is 0 Å². The fourth-order valence-corrected chi connectivity index (χ4v) is 1.91. The first-order valence-electron chi connectivity index (χ1n) is 5.23. The zero-order chi connectivity index (χ0) is 13.1. The monoisotopic (exact) mass is 280 g/mol. The second-order valence-corrected chi connectivity index (χ2v) is 4.58. The largest absolute Gasteiger partial charge is 0.287 e. The minimum absolute atomic E-state index is 0.165. The molecule has 0 aliphatic heterocycles. The maximum Gasteiger partial charge on any atom is 0.206 e. The molecule has 0 saturated carbocycles. The van der Waals surface area contributed by atoms with Gasteiger partial charge in [-0.1, -0.05) is 29.3 Å². The molecule has 3 nitrogen and oxygen atoms in total. The predicted octanol–water partition coefficient (Wildman–Crippen LogP) is 3.62. The van der Waals surface area contributed by atoms with Crippen LogP contribution in [0.15, 0.2) is 36.5 Å². The molecule has 0 radical (unpaired) electrons. The molecule has 0 aliphatic rings. The summed E-state index contributed by atoms with van der Waals surface area (Å²) < 4.78 is 1.58. The van der Waals surface area contributed by atoms with Gasteiger partial charge < -0.3 is 0 Å². The van der Waals surface area contributed by atoms with E-state index in [0.29, 0.717) is 15.7 Å². The van der Waals surface area contributed by atoms with Crippen LogP contribution in [0.1, 0.15) is 16.1 Å². The Kier molecular flexibility index (Phi) is 3.84. The van der Waals surface area contributed by atoms with E-state index in [1.807, 2.05) is 0 Å². The number of halogens is 2. The lowest BCUT2D eigenvalue weighted by atomic mass is 10.2. The van der Waals surface area contributed by atoms with Gasteiger partial charge in [0.15, 0.2) is 0 Å². The molecule has 2 aromatic rings. The van der Waals surface area contributed by atoms with Crippen LogP contribution in [0.4, 0.5) is 0 Å². The molecule has 2 rings (SSSR count). The molecule has 0 fully saturated rings. The number of aromatic nitrogens is 2. The van der Waals surface area contributed by atoms with Gasteiger partial charge in [-0.05, 0) is 35.9 Å². The number of hydrogen-bond donors (Lipinski definition) is 0. The van der Waals surface area contributed by atoms with Crippen molar-refractivity contribution in [2.24, 2.45) is 7.05 Å². The van der Waals surface area contributed by atoms with Crippen LogP contribution in [-0.4, -0.2) is 15.6 Å². The number of carbonyl (C=O) groups excluding carboxylic acids is 1. The number of allylic oxidation sites excluding steroid dienone is 1. The summed E-state index contributed by atoms with van der Waals surface area (Å²) in [5.41, 5.74) is 1.14. The molecule has 0 saturated heterocycles. The van der Waals surface area contributed by atoms with Crippen LogP contribution >= 0.6 is 23.2 Å². The van der Waals surface area contributed by atoms with E-state index in [0.717, 1.165) is 5.56 Å². The minimum Gasteiger partial charge on any atom is -0.287 e. The van der Waals surface area contributed by atoms with Crippen LogP contribution in [0.2, 0.25) is 10.0 Å². The highest BCUT2D eigenvalue weighted by Crippen LogP contribution is 2.22. The Morgan fingerprint density at radius 1 is 1.33 bits per heavy atom. The summed E-state index contributed by atoms with van der Waals surface area (Å²) in [5, 5.41) is 5.09. The Morgan fingerprint density at radius 3 is 2.72 bits per heavy atom. The van der Waals surface area contributed by atoms with Crippen molar-refractivity contribution >= 4 is 35.1 Å². The summed E-state index contributed by atoms with van der Waals surface area (Å²) in [6.07, 6.45) is 4.81. The summed E-state index contributed by atoms with van der Waals surface area (Å²) in [6, 6.07) is 6.77. The molecule has 1 aromatic heterocycles. The number of aryl methyl sites for hydroxylation is 1. The van der Waals surface area contributed by atoms with Crippen LogP contribution < -0.4 is 0 Å². The number of carbonyl (C=O) groups is 1. The van der Waals surface area contributed by atoms with E-state index < -0.39 is 0 Å². The van der Waals surface area contributed by atoms with Crippen molar-refractivity contribution in [3.63, 3.8) is 0 Å². The molecule has 0 amide bonds. The topological polar surface area (TPSA) is 34.9 Å². The van der Waals surface area contributed by atoms with Crippen molar-refractivity contribution in [2.45, 2.75) is 0 Å². The summed E-state index contributed by atoms with van der Waals surface area (Å²) in [7, 11) is 1.76. The van der Waals surface area contributed by atoms with E-state index in [-0.39, 0.29) is 5.78 Å². The molecular weight excluding hydrogens is 271 g/mol. The number of ketones is 1. The van der Waals surface area contributed by atoms with Gasteiger partial charge in [-0.2, -0.15) is 5.10 Å². The third-order valence-corrected chi connectivity index (χ3v) is 2.91. The normalized spacial score (nSPS) is 11.1. The summed E-state index contributed by atoms with van der Waals surface area (Å²) >= 11 is 11.8. The highest BCUT2D eigenvalue weighted by Gasteiger charge is 2.05. The maximum absolute atomic E-state index is 11.8. The second-order valence-electron chi connectivity index (χ2n) is 3.74. The Balaban J connectivity index is 2.18. The Morgan fingerprint density at radius 2 is 2.11 bits per heavy atom. The third-order valence-electron chi connectivity index (χ3n) is 2.34. The Bertz CT molecular complexity index is 617. The molecule has 1 aromatic carbocycles. The van der Waals surface area contributed by atoms with Gasteiger partial charge in [-0.25, -0.2) is 0 Å². The molecule has 0 spiro atoms. The smallest absolute Gasteiger partial charge is 0.206 e. The molecule has 1 heterocycles. The standard InChI is InChI=1S/C13H10Cl2N2O/c1-17-7-6-12(16-17)13(18)5-3-9-2-4-10(14)8-11(9)15/h2-8H,1H3/b5-3+. The number of rotatable bonds is 3. The summed E-state index contributed by atoms with van der Waals surface area (Å²) in [4.78, 5) is 11.8. The third kappa shape index (κ3) is 3.00. The van der Waals surface area contributed by atoms with Crippen LogP contribution in [0.25, 0.3) is 6.08 Å². The molecule has 0 unspecified atom stereocenters. The Labute approximate surface area is 115 Å². The first kappa shape index (κ1) is 12.9. The van der Waals surface area contributed by atoms with E-state index in [4.69, 9.17) is 23.2 Å². The molecule has 0 bridgehead atoms. The minimum atomic E-state index is -0.165. The van der Waals surface area contributed by atoms with Crippen molar-refractivity contribution in [1.82, 2.24) is 9.78 Å². The molecule has 92 valence electrons. The van der Waals surface area contributed by atoms with Gasteiger partial charge in [-0.15, -0.1) is 0 Å². The van der Waals surface area contributed by atoms with Gasteiger partial charge in [0.05, 0.1) is 0 Å². The van der Waals surface area contributed by atoms with Gasteiger partial charge in [-0.3, -0.25) is 9.48 Å². The first-order chi connectivity index (χ1) is 8.56. The van der Waals surface area contributed by atoms with Gasteiger partial charge in [0.1, 0.15) is 5.69 Å². The maximum atomic E-state index is 11.8. The lowest BCUT2D eigenvalue weighted by Crippen LogP contribution is -1.97. The SMILES string of the molecule is Cn1ccc(C(=O)/C=C/c2ccc(Cl)cc2Cl)n1. The van der Waals surface area contributed by atoms with Gasteiger partial charge in [0.25, 0.3) is 0 Å². The number of benzene rings is 1. The van der Waals surface area contributed by atoms with E-state index >= 15 is 0 Å². The highest BCUT2D eigenvalue weighted by atomic mass is 35.5. The van der Waals surface area contributed by atoms with Crippen molar-refractivity contribution in [3.05, 3.63) is 57.8 Å². The zero-order valence-electron chi connectivity index (χ0n) is 9.60. The fraction of sp³-hybridized carbons (Fsp3) is 0.0769. The second kappa shape index (κ2) is 5.38. The molecular formula is C13H10Cl2N2O. The number of hydrogen-bond acceptors (Lipinski definition) is 2. The molecule has 0 aliphatic carbocycles. The van der Waals surface area contributed by atoms with Crippen LogP contribution in [0.3, 0.4) is 0 Å². The zero-order valence-corrected chi connectivity index (χ0v) is 11.1. The van der Waals surface area contributed by atoms with Gasteiger partial charge in [0.2, 0.25) is 5.78 Å². The predicted molar refractivity (Wildman–Crippen MR) is 73.0 cm³/mol. The lowest BCUT2D eigenvalue weighted by molar-refractivity contribution is 0.104. The van der Waals surface area contributed by atoms with Gasteiger partial charge in [0, 0.05) is 23.3 Å². The fourth-order valence-electron chi connectivity index (χ4n) is 1.43. The average Bonchev–Trinajstić information content (AvgIpc) is 2.74. The lowest BCUT2D eigenvalue weighted by Gasteiger charge is -1.98. The van der Waals surface area contributed by atoms with E-state index in [1.165, 1.54) is 6.08 Å². The van der Waals surface area contributed by atoms with E-state index in [1.54, 1.807) is 48.3 Å². The highest BCUT2D eigenvalue weighted by molar-refractivity contribution is 6.35. The average molecular weight is 281 g/mol. The summed E-state index contributed by atoms with van der Waals surface area (Å²) in [5.74, 6) is -0.165. The molecule has 18 heavy (non-hydrogen) atoms. The summed E-state index contributed by atoms with van der Waals surface area (Å²) in [6.45, 7) is 0. The quantitative estimate of drug-likeness (QED) is 0.636. The first-order valence-corrected chi connectivity index (χ1v) is 5.99. The number of nitrogens with zero attached hydrogens (tertiary/aromatic N) is 2. The van der Waals surface area contributed by atoms with Crippen molar-refractivity contribution in [3.8, 4) is 0 Å². The van der Waals surface area contributed by atoms with Crippen LogP contribution in [0, 0.1) is 0 Å². The Hall–Kier alpha value is -1.58.